The van der Waals surface area contributed by atoms with Crippen LogP contribution >= 0.6 is 0 Å². The quantitative estimate of drug-likeness (QED) is 0.636. The molecule has 1 aliphatic heterocycles. The molecule has 1 fully saturated rings. The maximum atomic E-state index is 13.6. The van der Waals surface area contributed by atoms with Crippen molar-refractivity contribution in [3.63, 3.8) is 0 Å². The number of piperazine rings is 1. The molecule has 1 saturated heterocycles. The molecule has 30 heavy (non-hydrogen) atoms. The van der Waals surface area contributed by atoms with Crippen LogP contribution in [0, 0.1) is 26.6 Å². The van der Waals surface area contributed by atoms with Gasteiger partial charge >= 0.3 is 0 Å². The van der Waals surface area contributed by atoms with Gasteiger partial charge in [-0.15, -0.1) is 0 Å². The van der Waals surface area contributed by atoms with Gasteiger partial charge < -0.3 is 14.4 Å². The van der Waals surface area contributed by atoms with E-state index in [9.17, 15) is 9.18 Å². The summed E-state index contributed by atoms with van der Waals surface area (Å²) in [5.41, 5.74) is 6.04. The van der Waals surface area contributed by atoms with Gasteiger partial charge in [-0.05, 0) is 61.7 Å². The van der Waals surface area contributed by atoms with E-state index in [-0.39, 0.29) is 11.7 Å². The molecule has 0 radical (unpaired) electrons. The van der Waals surface area contributed by atoms with Crippen molar-refractivity contribution in [1.29, 1.82) is 0 Å². The summed E-state index contributed by atoms with van der Waals surface area (Å²) in [6.07, 6.45) is 0. The normalized spacial score (nSPS) is 14.3. The number of carbonyl (C=O) groups is 1. The molecule has 4 rings (SSSR count). The first kappa shape index (κ1) is 20.2. The van der Waals surface area contributed by atoms with Crippen molar-refractivity contribution in [2.75, 3.05) is 31.1 Å². The highest BCUT2D eigenvalue weighted by Gasteiger charge is 2.27. The summed E-state index contributed by atoms with van der Waals surface area (Å²) < 4.78 is 15.7. The maximum absolute atomic E-state index is 13.6. The van der Waals surface area contributed by atoms with Crippen molar-refractivity contribution in [2.24, 2.45) is 0 Å². The van der Waals surface area contributed by atoms with E-state index in [1.807, 2.05) is 35.4 Å². The number of rotatable bonds is 4. The maximum Gasteiger partial charge on any atom is 0.270 e. The first-order valence-electron chi connectivity index (χ1n) is 10.4. The Morgan fingerprint density at radius 3 is 2.33 bits per heavy atom. The van der Waals surface area contributed by atoms with Crippen LogP contribution in [-0.4, -0.2) is 41.6 Å². The number of carbonyl (C=O) groups excluding carboxylic acids is 1. The zero-order valence-electron chi connectivity index (χ0n) is 17.9. The fraction of sp³-hybridized carbons (Fsp3) is 0.320. The lowest BCUT2D eigenvalue weighted by Crippen LogP contribution is -2.49. The first-order chi connectivity index (χ1) is 14.4. The summed E-state index contributed by atoms with van der Waals surface area (Å²) >= 11 is 0. The summed E-state index contributed by atoms with van der Waals surface area (Å²) in [7, 11) is 0. The van der Waals surface area contributed by atoms with E-state index in [0.29, 0.717) is 25.3 Å². The molecule has 0 spiro atoms. The minimum atomic E-state index is -0.255. The molecule has 156 valence electrons. The zero-order chi connectivity index (χ0) is 21.3. The van der Waals surface area contributed by atoms with Crippen LogP contribution in [0.15, 0.2) is 54.6 Å². The minimum absolute atomic E-state index is 0.0569. The van der Waals surface area contributed by atoms with Crippen molar-refractivity contribution in [1.82, 2.24) is 9.47 Å². The van der Waals surface area contributed by atoms with Crippen LogP contribution in [0.2, 0.25) is 0 Å². The van der Waals surface area contributed by atoms with Crippen LogP contribution in [0.4, 0.5) is 10.1 Å². The largest absolute Gasteiger partial charge is 0.368 e. The summed E-state index contributed by atoms with van der Waals surface area (Å²) in [5, 5.41) is 0. The highest BCUT2D eigenvalue weighted by molar-refractivity contribution is 5.94. The van der Waals surface area contributed by atoms with Crippen molar-refractivity contribution < 1.29 is 9.18 Å². The molecular formula is C25H28FN3O. The summed E-state index contributed by atoms with van der Waals surface area (Å²) in [4.78, 5) is 17.7. The van der Waals surface area contributed by atoms with E-state index in [1.165, 1.54) is 23.4 Å². The smallest absolute Gasteiger partial charge is 0.270 e. The second kappa shape index (κ2) is 8.34. The molecule has 0 bridgehead atoms. The molecule has 0 atom stereocenters. The van der Waals surface area contributed by atoms with Crippen LogP contribution in [-0.2, 0) is 6.54 Å². The molecular weight excluding hydrogens is 377 g/mol. The van der Waals surface area contributed by atoms with Crippen molar-refractivity contribution in [2.45, 2.75) is 27.3 Å². The van der Waals surface area contributed by atoms with Crippen LogP contribution in [0.25, 0.3) is 0 Å². The fourth-order valence-electron chi connectivity index (χ4n) is 4.37. The Morgan fingerprint density at radius 1 is 0.900 bits per heavy atom. The Labute approximate surface area is 177 Å². The lowest BCUT2D eigenvalue weighted by Gasteiger charge is -2.37. The van der Waals surface area contributed by atoms with E-state index in [0.717, 1.165) is 29.9 Å². The van der Waals surface area contributed by atoms with Gasteiger partial charge in [0.1, 0.15) is 11.5 Å². The number of hydrogen-bond acceptors (Lipinski definition) is 2. The third kappa shape index (κ3) is 3.97. The predicted octanol–water partition coefficient (Wildman–Crippen LogP) is 4.56. The van der Waals surface area contributed by atoms with Gasteiger partial charge in [-0.2, -0.15) is 0 Å². The van der Waals surface area contributed by atoms with Gasteiger partial charge in [0.25, 0.3) is 5.91 Å². The minimum Gasteiger partial charge on any atom is -0.368 e. The van der Waals surface area contributed by atoms with E-state index in [4.69, 9.17) is 0 Å². The third-order valence-electron chi connectivity index (χ3n) is 5.95. The average Bonchev–Trinajstić information content (AvgIpc) is 3.01. The number of nitrogens with zero attached hydrogens (tertiary/aromatic N) is 3. The standard InChI is InChI=1S/C25H28FN3O/c1-18-7-4-5-10-23(18)27-11-13-28(14-12-27)25(30)24-19(2)15-20(3)29(24)17-21-8-6-9-22(26)16-21/h4-10,15-16H,11-14,17H2,1-3H3. The molecule has 5 heteroatoms. The van der Waals surface area contributed by atoms with Crippen LogP contribution in [0.1, 0.15) is 32.9 Å². The molecule has 3 aromatic rings. The average molecular weight is 406 g/mol. The Hall–Kier alpha value is -3.08. The van der Waals surface area contributed by atoms with Crippen LogP contribution < -0.4 is 4.90 Å². The van der Waals surface area contributed by atoms with E-state index in [1.54, 1.807) is 6.07 Å². The number of aromatic nitrogens is 1. The number of halogens is 1. The van der Waals surface area contributed by atoms with Gasteiger partial charge in [-0.25, -0.2) is 4.39 Å². The number of aryl methyl sites for hydroxylation is 3. The van der Waals surface area contributed by atoms with E-state index < -0.39 is 0 Å². The molecule has 2 heterocycles. The third-order valence-corrected chi connectivity index (χ3v) is 5.95. The lowest BCUT2D eigenvalue weighted by atomic mass is 10.1. The molecule has 0 N–H and O–H groups in total. The SMILES string of the molecule is Cc1ccccc1N1CCN(C(=O)c2c(C)cc(C)n2Cc2cccc(F)c2)CC1. The number of anilines is 1. The number of para-hydroxylation sites is 1. The van der Waals surface area contributed by atoms with Gasteiger partial charge in [0.05, 0.1) is 0 Å². The summed E-state index contributed by atoms with van der Waals surface area (Å²) in [6.45, 7) is 9.61. The van der Waals surface area contributed by atoms with Crippen molar-refractivity contribution in [3.05, 3.63) is 88.5 Å². The topological polar surface area (TPSA) is 28.5 Å². The van der Waals surface area contributed by atoms with Crippen molar-refractivity contribution >= 4 is 11.6 Å². The number of benzene rings is 2. The lowest BCUT2D eigenvalue weighted by molar-refractivity contribution is 0.0735. The Morgan fingerprint density at radius 2 is 1.63 bits per heavy atom. The second-order valence-corrected chi connectivity index (χ2v) is 8.10. The molecule has 0 aliphatic carbocycles. The molecule has 1 aliphatic rings. The summed E-state index contributed by atoms with van der Waals surface area (Å²) in [6, 6.07) is 17.0. The molecule has 4 nitrogen and oxygen atoms in total. The Balaban J connectivity index is 1.52. The van der Waals surface area contributed by atoms with Gasteiger partial charge in [0.15, 0.2) is 0 Å². The van der Waals surface area contributed by atoms with Crippen LogP contribution in [0.5, 0.6) is 0 Å². The van der Waals surface area contributed by atoms with E-state index in [2.05, 4.69) is 36.1 Å². The summed E-state index contributed by atoms with van der Waals surface area (Å²) in [5.74, 6) is -0.198. The van der Waals surface area contributed by atoms with Crippen LogP contribution in [0.3, 0.4) is 0 Å². The number of hydrogen-bond donors (Lipinski definition) is 0. The Bertz CT molecular complexity index is 1060. The molecule has 1 amide bonds. The Kier molecular flexibility index (Phi) is 5.62. The molecule has 0 saturated carbocycles. The molecule has 1 aromatic heterocycles. The van der Waals surface area contributed by atoms with Gasteiger partial charge in [-0.3, -0.25) is 4.79 Å². The fourth-order valence-corrected chi connectivity index (χ4v) is 4.37. The van der Waals surface area contributed by atoms with Crippen molar-refractivity contribution in [3.8, 4) is 0 Å². The monoisotopic (exact) mass is 405 g/mol. The highest BCUT2D eigenvalue weighted by Crippen LogP contribution is 2.23. The second-order valence-electron chi connectivity index (χ2n) is 8.10. The van der Waals surface area contributed by atoms with Gasteiger partial charge in [-0.1, -0.05) is 30.3 Å². The predicted molar refractivity (Wildman–Crippen MR) is 119 cm³/mol. The van der Waals surface area contributed by atoms with Gasteiger partial charge in [0.2, 0.25) is 0 Å². The molecule has 2 aromatic carbocycles. The molecule has 0 unspecified atom stereocenters. The van der Waals surface area contributed by atoms with Gasteiger partial charge in [0, 0.05) is 44.1 Å². The van der Waals surface area contributed by atoms with E-state index >= 15 is 0 Å². The highest BCUT2D eigenvalue weighted by atomic mass is 19.1. The zero-order valence-corrected chi connectivity index (χ0v) is 17.9. The first-order valence-corrected chi connectivity index (χ1v) is 10.4. The number of amides is 1.